The van der Waals surface area contributed by atoms with Crippen LogP contribution in [-0.4, -0.2) is 43.3 Å². The highest BCUT2D eigenvalue weighted by Gasteiger charge is 2.34. The zero-order valence-electron chi connectivity index (χ0n) is 19.3. The molecule has 6 rings (SSSR count). The molecule has 0 radical (unpaired) electrons. The zero-order valence-corrected chi connectivity index (χ0v) is 19.3. The fourth-order valence-corrected chi connectivity index (χ4v) is 4.26. The van der Waals surface area contributed by atoms with Crippen molar-refractivity contribution in [3.63, 3.8) is 0 Å². The maximum Gasteiger partial charge on any atom is 0.375 e. The van der Waals surface area contributed by atoms with E-state index in [0.29, 0.717) is 16.8 Å². The van der Waals surface area contributed by atoms with Gasteiger partial charge in [0.1, 0.15) is 0 Å². The Kier molecular flexibility index (Phi) is 5.40. The topological polar surface area (TPSA) is 166 Å². The van der Waals surface area contributed by atoms with Crippen LogP contribution in [0.5, 0.6) is 23.0 Å². The number of benzene rings is 4. The maximum absolute atomic E-state index is 10.3. The summed E-state index contributed by atoms with van der Waals surface area (Å²) in [7, 11) is 1.48. The molecule has 0 fully saturated rings. The number of phenolic OH excluding ortho intramolecular Hbond substituents is 3. The summed E-state index contributed by atoms with van der Waals surface area (Å²) < 4.78 is 8.35. The van der Waals surface area contributed by atoms with E-state index in [4.69, 9.17) is 4.74 Å². The molecular weight excluding hydrogens is 484 g/mol. The van der Waals surface area contributed by atoms with E-state index in [2.05, 4.69) is 0 Å². The van der Waals surface area contributed by atoms with Gasteiger partial charge in [-0.25, -0.2) is 0 Å². The van der Waals surface area contributed by atoms with Gasteiger partial charge in [-0.15, -0.1) is 0 Å². The summed E-state index contributed by atoms with van der Waals surface area (Å²) >= 11 is 0. The van der Waals surface area contributed by atoms with E-state index in [0.717, 1.165) is 18.9 Å². The molecule has 0 amide bonds. The van der Waals surface area contributed by atoms with E-state index < -0.39 is 0 Å². The maximum atomic E-state index is 10.3. The first-order valence-electron chi connectivity index (χ1n) is 10.8. The van der Waals surface area contributed by atoms with E-state index in [1.54, 1.807) is 30.3 Å². The minimum absolute atomic E-state index is 0.0538. The minimum atomic E-state index is -0.178. The molecule has 0 unspecified atom stereocenters. The fraction of sp³-hybridized carbons (Fsp3) is 0.0400. The summed E-state index contributed by atoms with van der Waals surface area (Å²) in [5.74, 6) is -0.0772. The first-order chi connectivity index (χ1) is 17.8. The van der Waals surface area contributed by atoms with Gasteiger partial charge in [-0.2, -0.15) is 0 Å². The standard InChI is InChI=1S/C13H11N2O4.C12H8N2O4/c1-19-11-7-3-5-9-13(11)15(18)8-4-2-6-10(16)12(8)14(9)17;15-9-5-1-3-7-11(9)14(18)8-4-2-6-10(16)12(8)13(7)17/h2-7,18H,1H3,(H,16,17);1-6,17H,(H-,15,16,18)/q+1;/p+3. The molecule has 0 aliphatic carbocycles. The number of fused-ring (bicyclic) bond motifs is 4. The highest BCUT2D eigenvalue weighted by molar-refractivity contribution is 5.83. The molecule has 37 heavy (non-hydrogen) atoms. The summed E-state index contributed by atoms with van der Waals surface area (Å²) in [4.78, 5) is 0. The third-order valence-electron chi connectivity index (χ3n) is 5.94. The number of ether oxygens (including phenoxy) is 1. The molecule has 12 nitrogen and oxygen atoms in total. The van der Waals surface area contributed by atoms with E-state index in [9.17, 15) is 36.1 Å². The second-order valence-corrected chi connectivity index (χ2v) is 8.01. The fourth-order valence-electron chi connectivity index (χ4n) is 4.26. The molecule has 0 aliphatic rings. The molecule has 7 N–H and O–H groups in total. The molecule has 0 bridgehead atoms. The average Bonchev–Trinajstić information content (AvgIpc) is 2.90. The third kappa shape index (κ3) is 3.46. The largest absolute Gasteiger partial charge is 0.502 e. The summed E-state index contributed by atoms with van der Waals surface area (Å²) in [5.41, 5.74) is 1.46. The molecule has 6 aromatic rings. The molecule has 12 heteroatoms. The van der Waals surface area contributed by atoms with Gasteiger partial charge in [-0.1, -0.05) is 24.3 Å². The van der Waals surface area contributed by atoms with Gasteiger partial charge in [0.25, 0.3) is 0 Å². The monoisotopic (exact) mass is 506 g/mol. The van der Waals surface area contributed by atoms with Crippen LogP contribution in [0.3, 0.4) is 0 Å². The Labute approximate surface area is 207 Å². The van der Waals surface area contributed by atoms with Crippen molar-refractivity contribution in [3.05, 3.63) is 72.8 Å². The molecule has 0 atom stereocenters. The number of rotatable bonds is 1. The van der Waals surface area contributed by atoms with Crippen LogP contribution < -0.4 is 23.7 Å². The molecule has 2 aromatic heterocycles. The van der Waals surface area contributed by atoms with E-state index in [-0.39, 0.29) is 50.3 Å². The SMILES string of the molecule is COc1cccc2c1[n+](O)c1cccc(O)c1[n+]2O.Oc1cccc2c1[n+](O)c1cccc(O)c1[n+]2O. The summed E-state index contributed by atoms with van der Waals surface area (Å²) in [6.07, 6.45) is 0. The van der Waals surface area contributed by atoms with Gasteiger partial charge in [-0.3, -0.25) is 20.8 Å². The highest BCUT2D eigenvalue weighted by atomic mass is 16.5. The number of aromatic nitrogens is 4. The van der Waals surface area contributed by atoms with Crippen molar-refractivity contribution >= 4 is 44.1 Å². The second-order valence-electron chi connectivity index (χ2n) is 8.01. The van der Waals surface area contributed by atoms with Gasteiger partial charge < -0.3 is 20.1 Å². The minimum Gasteiger partial charge on any atom is -0.502 e. The van der Waals surface area contributed by atoms with Gasteiger partial charge in [0.15, 0.2) is 0 Å². The molecule has 0 aliphatic heterocycles. The van der Waals surface area contributed by atoms with Crippen LogP contribution >= 0.6 is 0 Å². The van der Waals surface area contributed by atoms with Crippen LogP contribution in [-0.2, 0) is 0 Å². The molecule has 186 valence electrons. The Hall–Kier alpha value is -5.52. The highest BCUT2D eigenvalue weighted by Crippen LogP contribution is 2.25. The van der Waals surface area contributed by atoms with Gasteiger partial charge in [-0.05, 0) is 24.3 Å². The van der Waals surface area contributed by atoms with Crippen LogP contribution in [0.4, 0.5) is 0 Å². The lowest BCUT2D eigenvalue weighted by atomic mass is 10.2. The van der Waals surface area contributed by atoms with E-state index in [1.165, 1.54) is 49.6 Å². The number of hydrogen-bond donors (Lipinski definition) is 7. The van der Waals surface area contributed by atoms with Crippen LogP contribution in [0.15, 0.2) is 72.8 Å². The molecular formula is C25H22N4O8+4. The van der Waals surface area contributed by atoms with E-state index in [1.807, 2.05) is 0 Å². The normalized spacial score (nSPS) is 11.1. The summed E-state index contributed by atoms with van der Waals surface area (Å²) in [6.45, 7) is 0. The number of hydrogen-bond acceptors (Lipinski definition) is 8. The molecule has 2 heterocycles. The first kappa shape index (κ1) is 23.2. The van der Waals surface area contributed by atoms with Crippen molar-refractivity contribution < 1.29 is 59.8 Å². The Morgan fingerprint density at radius 3 is 1.11 bits per heavy atom. The second kappa shape index (κ2) is 8.61. The van der Waals surface area contributed by atoms with E-state index >= 15 is 0 Å². The lowest BCUT2D eigenvalue weighted by Gasteiger charge is -2.01. The number of methoxy groups -OCH3 is 1. The Morgan fingerprint density at radius 2 is 0.757 bits per heavy atom. The lowest BCUT2D eigenvalue weighted by molar-refractivity contribution is -0.895. The Morgan fingerprint density at radius 1 is 0.459 bits per heavy atom. The van der Waals surface area contributed by atoms with Crippen molar-refractivity contribution in [2.75, 3.05) is 7.11 Å². The van der Waals surface area contributed by atoms with Crippen molar-refractivity contribution in [1.82, 2.24) is 0 Å². The zero-order chi connectivity index (χ0) is 26.4. The average molecular weight is 506 g/mol. The predicted molar refractivity (Wildman–Crippen MR) is 124 cm³/mol. The molecule has 0 spiro atoms. The molecule has 0 saturated heterocycles. The van der Waals surface area contributed by atoms with Gasteiger partial charge in [0, 0.05) is 43.2 Å². The first-order valence-corrected chi connectivity index (χ1v) is 10.8. The quantitative estimate of drug-likeness (QED) is 0.0993. The van der Waals surface area contributed by atoms with Crippen LogP contribution in [0.25, 0.3) is 44.1 Å². The summed E-state index contributed by atoms with van der Waals surface area (Å²) in [5, 5.41) is 69.9. The number of nitrogens with zero attached hydrogens (tertiary/aromatic N) is 4. The smallest absolute Gasteiger partial charge is 0.375 e. The third-order valence-corrected chi connectivity index (χ3v) is 5.94. The number of para-hydroxylation sites is 4. The predicted octanol–water partition coefficient (Wildman–Crippen LogP) is 1.21. The molecule has 0 saturated carbocycles. The van der Waals surface area contributed by atoms with Crippen molar-refractivity contribution in [2.24, 2.45) is 0 Å². The molecule has 4 aromatic carbocycles. The van der Waals surface area contributed by atoms with Gasteiger partial charge in [0.2, 0.25) is 23.0 Å². The van der Waals surface area contributed by atoms with Crippen LogP contribution in [0.2, 0.25) is 0 Å². The lowest BCUT2D eigenvalue weighted by Crippen LogP contribution is -2.42. The Bertz CT molecular complexity index is 1790. The summed E-state index contributed by atoms with van der Waals surface area (Å²) in [6, 6.07) is 18.4. The number of phenols is 3. The van der Waals surface area contributed by atoms with Crippen LogP contribution in [0.1, 0.15) is 0 Å². The number of aromatic hydroxyl groups is 3. The van der Waals surface area contributed by atoms with Gasteiger partial charge >= 0.3 is 44.1 Å². The van der Waals surface area contributed by atoms with Crippen molar-refractivity contribution in [3.8, 4) is 23.0 Å². The van der Waals surface area contributed by atoms with Crippen LogP contribution in [0, 0.1) is 0 Å². The van der Waals surface area contributed by atoms with Gasteiger partial charge in [0.05, 0.1) is 7.11 Å². The van der Waals surface area contributed by atoms with Crippen molar-refractivity contribution in [2.45, 2.75) is 0 Å². The Balaban J connectivity index is 0.000000152. The van der Waals surface area contributed by atoms with Crippen molar-refractivity contribution in [1.29, 1.82) is 0 Å².